The number of hydrogen-bond acceptors (Lipinski definition) is 3. The molecule has 3 N–H and O–H groups in total. The van der Waals surface area contributed by atoms with E-state index in [1.807, 2.05) is 39.0 Å². The molecule has 1 unspecified atom stereocenters. The van der Waals surface area contributed by atoms with E-state index in [0.29, 0.717) is 19.1 Å². The predicted octanol–water partition coefficient (Wildman–Crippen LogP) is 2.98. The first-order chi connectivity index (χ1) is 10.5. The summed E-state index contributed by atoms with van der Waals surface area (Å²) in [5, 5.41) is 3.08. The van der Waals surface area contributed by atoms with Crippen LogP contribution < -0.4 is 15.8 Å². The van der Waals surface area contributed by atoms with Crippen LogP contribution in [0.25, 0.3) is 0 Å². The molecule has 1 aliphatic rings. The molecule has 0 aromatic heterocycles. The van der Waals surface area contributed by atoms with E-state index in [4.69, 9.17) is 10.5 Å². The quantitative estimate of drug-likeness (QED) is 0.836. The van der Waals surface area contributed by atoms with Crippen LogP contribution in [0, 0.1) is 25.7 Å². The molecular weight excluding hydrogens is 312 g/mol. The molecule has 0 bridgehead atoms. The number of aryl methyl sites for hydroxylation is 2. The number of carbonyl (C=O) groups excluding carboxylic acids is 1. The molecule has 1 fully saturated rings. The first-order valence-corrected chi connectivity index (χ1v) is 8.22. The number of hydrogen-bond donors (Lipinski definition) is 2. The van der Waals surface area contributed by atoms with Gasteiger partial charge in [0.05, 0.1) is 6.04 Å². The second-order valence-electron chi connectivity index (χ2n) is 6.47. The number of ether oxygens (including phenoxy) is 1. The van der Waals surface area contributed by atoms with Crippen molar-refractivity contribution in [2.45, 2.75) is 46.1 Å². The summed E-state index contributed by atoms with van der Waals surface area (Å²) in [6.07, 6.45) is 3.13. The van der Waals surface area contributed by atoms with Gasteiger partial charge in [0.2, 0.25) is 5.91 Å². The van der Waals surface area contributed by atoms with Crippen molar-refractivity contribution in [1.82, 2.24) is 5.32 Å². The lowest BCUT2D eigenvalue weighted by atomic mass is 9.95. The molecule has 1 aromatic carbocycles. The number of nitrogens with two attached hydrogens (primary N) is 1. The van der Waals surface area contributed by atoms with E-state index in [0.717, 1.165) is 36.1 Å². The van der Waals surface area contributed by atoms with Crippen LogP contribution in [0.15, 0.2) is 18.2 Å². The van der Waals surface area contributed by atoms with Gasteiger partial charge in [0.25, 0.3) is 0 Å². The third kappa shape index (κ3) is 5.11. The van der Waals surface area contributed by atoms with E-state index >= 15 is 0 Å². The smallest absolute Gasteiger partial charge is 0.223 e. The van der Waals surface area contributed by atoms with Crippen LogP contribution >= 0.6 is 12.4 Å². The molecule has 0 saturated heterocycles. The molecule has 4 nitrogen and oxygen atoms in total. The summed E-state index contributed by atoms with van der Waals surface area (Å²) in [6.45, 7) is 7.15. The Labute approximate surface area is 145 Å². The average Bonchev–Trinajstić information content (AvgIpc) is 2.95. The minimum atomic E-state index is -0.00877. The van der Waals surface area contributed by atoms with Crippen LogP contribution in [0.5, 0.6) is 5.75 Å². The fourth-order valence-electron chi connectivity index (χ4n) is 3.29. The number of para-hydroxylation sites is 1. The fraction of sp³-hybridized carbons (Fsp3) is 0.611. The van der Waals surface area contributed by atoms with Crippen molar-refractivity contribution in [2.75, 3.05) is 13.2 Å². The zero-order valence-electron chi connectivity index (χ0n) is 14.3. The second kappa shape index (κ2) is 9.14. The van der Waals surface area contributed by atoms with Crippen LogP contribution in [0.3, 0.4) is 0 Å². The first kappa shape index (κ1) is 19.8. The SMILES string of the molecule is Cc1cccc(C)c1OCC(C)NC(=O)[C@@H]1CCC[C@@H]1CN.Cl. The molecule has 0 radical (unpaired) electrons. The topological polar surface area (TPSA) is 64.3 Å². The van der Waals surface area contributed by atoms with Gasteiger partial charge in [0.15, 0.2) is 0 Å². The Morgan fingerprint density at radius 3 is 2.61 bits per heavy atom. The maximum atomic E-state index is 12.3. The Morgan fingerprint density at radius 2 is 2.00 bits per heavy atom. The highest BCUT2D eigenvalue weighted by atomic mass is 35.5. The van der Waals surface area contributed by atoms with E-state index in [2.05, 4.69) is 5.32 Å². The first-order valence-electron chi connectivity index (χ1n) is 8.22. The summed E-state index contributed by atoms with van der Waals surface area (Å²) in [4.78, 5) is 12.3. The maximum absolute atomic E-state index is 12.3. The number of rotatable bonds is 6. The number of carbonyl (C=O) groups is 1. The van der Waals surface area contributed by atoms with Gasteiger partial charge in [-0.3, -0.25) is 4.79 Å². The molecule has 1 aliphatic carbocycles. The van der Waals surface area contributed by atoms with Gasteiger partial charge in [0, 0.05) is 5.92 Å². The normalized spacial score (nSPS) is 21.4. The van der Waals surface area contributed by atoms with E-state index in [-0.39, 0.29) is 30.3 Å². The maximum Gasteiger partial charge on any atom is 0.223 e. The van der Waals surface area contributed by atoms with Crippen molar-refractivity contribution in [3.63, 3.8) is 0 Å². The minimum absolute atomic E-state index is 0. The van der Waals surface area contributed by atoms with Gasteiger partial charge in [-0.2, -0.15) is 0 Å². The predicted molar refractivity (Wildman–Crippen MR) is 96.1 cm³/mol. The van der Waals surface area contributed by atoms with Gasteiger partial charge in [-0.05, 0) is 57.2 Å². The van der Waals surface area contributed by atoms with Gasteiger partial charge >= 0.3 is 0 Å². The molecule has 23 heavy (non-hydrogen) atoms. The summed E-state index contributed by atoms with van der Waals surface area (Å²) < 4.78 is 5.91. The van der Waals surface area contributed by atoms with Crippen LogP contribution in [-0.4, -0.2) is 25.1 Å². The second-order valence-corrected chi connectivity index (χ2v) is 6.47. The van der Waals surface area contributed by atoms with Gasteiger partial charge < -0.3 is 15.8 Å². The van der Waals surface area contributed by atoms with Crippen LogP contribution in [0.2, 0.25) is 0 Å². The van der Waals surface area contributed by atoms with Gasteiger partial charge in [-0.15, -0.1) is 12.4 Å². The van der Waals surface area contributed by atoms with Crippen LogP contribution in [0.4, 0.5) is 0 Å². The van der Waals surface area contributed by atoms with E-state index in [1.54, 1.807) is 0 Å². The van der Waals surface area contributed by atoms with Crippen molar-refractivity contribution in [3.8, 4) is 5.75 Å². The summed E-state index contributed by atoms with van der Waals surface area (Å²) in [5.41, 5.74) is 8.00. The lowest BCUT2D eigenvalue weighted by Crippen LogP contribution is -2.42. The molecule has 2 rings (SSSR count). The molecule has 3 atom stereocenters. The van der Waals surface area contributed by atoms with Crippen molar-refractivity contribution in [1.29, 1.82) is 0 Å². The monoisotopic (exact) mass is 340 g/mol. The number of benzene rings is 1. The molecule has 1 aromatic rings. The fourth-order valence-corrected chi connectivity index (χ4v) is 3.29. The molecule has 0 spiro atoms. The standard InChI is InChI=1S/C18H28N2O2.ClH/c1-12-6-4-7-13(2)17(12)22-11-14(3)20-18(21)16-9-5-8-15(16)10-19;/h4,6-7,14-16H,5,8-11,19H2,1-3H3,(H,20,21);1H/t14?,15-,16-;/m1./s1. The van der Waals surface area contributed by atoms with Gasteiger partial charge in [0.1, 0.15) is 12.4 Å². The van der Waals surface area contributed by atoms with Crippen molar-refractivity contribution in [3.05, 3.63) is 29.3 Å². The molecule has 0 aliphatic heterocycles. The molecular formula is C18H29ClN2O2. The van der Waals surface area contributed by atoms with Gasteiger partial charge in [-0.1, -0.05) is 24.6 Å². The third-order valence-corrected chi connectivity index (χ3v) is 4.57. The summed E-state index contributed by atoms with van der Waals surface area (Å²) in [6, 6.07) is 6.09. The number of halogens is 1. The van der Waals surface area contributed by atoms with Gasteiger partial charge in [-0.25, -0.2) is 0 Å². The Morgan fingerprint density at radius 1 is 1.35 bits per heavy atom. The third-order valence-electron chi connectivity index (χ3n) is 4.57. The minimum Gasteiger partial charge on any atom is -0.491 e. The van der Waals surface area contributed by atoms with E-state index in [1.165, 1.54) is 0 Å². The number of amides is 1. The zero-order valence-corrected chi connectivity index (χ0v) is 15.1. The highest BCUT2D eigenvalue weighted by Crippen LogP contribution is 2.31. The zero-order chi connectivity index (χ0) is 16.1. The highest BCUT2D eigenvalue weighted by Gasteiger charge is 2.32. The molecule has 1 amide bonds. The largest absolute Gasteiger partial charge is 0.491 e. The van der Waals surface area contributed by atoms with Crippen molar-refractivity contribution < 1.29 is 9.53 Å². The molecule has 0 heterocycles. The van der Waals surface area contributed by atoms with Crippen molar-refractivity contribution in [2.24, 2.45) is 17.6 Å². The Bertz CT molecular complexity index is 501. The lowest BCUT2D eigenvalue weighted by molar-refractivity contribution is -0.126. The molecule has 5 heteroatoms. The lowest BCUT2D eigenvalue weighted by Gasteiger charge is -2.22. The van der Waals surface area contributed by atoms with E-state index in [9.17, 15) is 4.79 Å². The summed E-state index contributed by atoms with van der Waals surface area (Å²) >= 11 is 0. The summed E-state index contributed by atoms with van der Waals surface area (Å²) in [7, 11) is 0. The highest BCUT2D eigenvalue weighted by molar-refractivity contribution is 5.85. The number of nitrogens with one attached hydrogen (secondary N) is 1. The Hall–Kier alpha value is -1.26. The van der Waals surface area contributed by atoms with Crippen molar-refractivity contribution >= 4 is 18.3 Å². The van der Waals surface area contributed by atoms with Crippen LogP contribution in [-0.2, 0) is 4.79 Å². The Balaban J connectivity index is 0.00000264. The van der Waals surface area contributed by atoms with E-state index < -0.39 is 0 Å². The molecule has 1 saturated carbocycles. The average molecular weight is 341 g/mol. The summed E-state index contributed by atoms with van der Waals surface area (Å²) in [5.74, 6) is 1.47. The molecule has 130 valence electrons. The van der Waals surface area contributed by atoms with Crippen LogP contribution in [0.1, 0.15) is 37.3 Å². The Kier molecular flexibility index (Phi) is 7.86.